The smallest absolute Gasteiger partial charge is 0.235 e. The van der Waals surface area contributed by atoms with Gasteiger partial charge in [-0.1, -0.05) is 11.6 Å². The minimum absolute atomic E-state index is 0.0882. The first kappa shape index (κ1) is 13.8. The van der Waals surface area contributed by atoms with Gasteiger partial charge < -0.3 is 4.74 Å². The molecular formula is C9H14ClNO3S2. The Balaban J connectivity index is 2.81. The minimum Gasteiger partial charge on any atom is -0.381 e. The molecule has 0 amide bonds. The van der Waals surface area contributed by atoms with E-state index in [0.717, 1.165) is 5.56 Å². The molecule has 4 nitrogen and oxygen atoms in total. The van der Waals surface area contributed by atoms with Gasteiger partial charge in [-0.3, -0.25) is 4.72 Å². The molecule has 0 spiro atoms. The molecule has 16 heavy (non-hydrogen) atoms. The van der Waals surface area contributed by atoms with Gasteiger partial charge in [-0.25, -0.2) is 8.42 Å². The molecule has 1 aromatic heterocycles. The monoisotopic (exact) mass is 283 g/mol. The molecular weight excluding hydrogens is 270 g/mol. The third kappa shape index (κ3) is 3.62. The Kier molecular flexibility index (Phi) is 4.61. The van der Waals surface area contributed by atoms with Crippen molar-refractivity contribution in [2.24, 2.45) is 0 Å². The van der Waals surface area contributed by atoms with E-state index < -0.39 is 10.0 Å². The summed E-state index contributed by atoms with van der Waals surface area (Å²) in [5.74, 6) is -0.0882. The van der Waals surface area contributed by atoms with Crippen LogP contribution in [-0.2, 0) is 14.8 Å². The van der Waals surface area contributed by atoms with Gasteiger partial charge in [0.15, 0.2) is 0 Å². The second-order valence-corrected chi connectivity index (χ2v) is 6.75. The van der Waals surface area contributed by atoms with Crippen LogP contribution in [-0.4, -0.2) is 27.4 Å². The van der Waals surface area contributed by atoms with Crippen molar-refractivity contribution < 1.29 is 13.2 Å². The normalized spacial score (nSPS) is 13.8. The summed E-state index contributed by atoms with van der Waals surface area (Å²) in [6, 6.07) is 0. The van der Waals surface area contributed by atoms with Crippen LogP contribution in [0, 0.1) is 6.92 Å². The summed E-state index contributed by atoms with van der Waals surface area (Å²) in [5.41, 5.74) is 1.29. The predicted octanol–water partition coefficient (Wildman–Crippen LogP) is 2.49. The number of ether oxygens (including phenoxy) is 1. The van der Waals surface area contributed by atoms with Crippen LogP contribution < -0.4 is 4.72 Å². The molecule has 1 heterocycles. The summed E-state index contributed by atoms with van der Waals surface area (Å²) in [6.45, 7) is 3.50. The molecule has 1 N–H and O–H groups in total. The number of sulfonamides is 1. The highest BCUT2D eigenvalue weighted by atomic mass is 35.5. The minimum atomic E-state index is -3.41. The summed E-state index contributed by atoms with van der Waals surface area (Å²) in [5, 5.41) is 1.81. The van der Waals surface area contributed by atoms with E-state index in [0.29, 0.717) is 10.0 Å². The molecule has 92 valence electrons. The van der Waals surface area contributed by atoms with Gasteiger partial charge in [-0.15, -0.1) is 11.3 Å². The highest BCUT2D eigenvalue weighted by Crippen LogP contribution is 2.33. The van der Waals surface area contributed by atoms with E-state index in [-0.39, 0.29) is 11.9 Å². The number of thiophene rings is 1. The SMILES string of the molecule is COC(C)CS(=O)(=O)Nc1c(C)csc1Cl. The van der Waals surface area contributed by atoms with Crippen LogP contribution in [0.2, 0.25) is 4.34 Å². The van der Waals surface area contributed by atoms with Gasteiger partial charge in [0.05, 0.1) is 17.5 Å². The number of rotatable bonds is 5. The number of halogens is 1. The molecule has 1 atom stereocenters. The Morgan fingerprint density at radius 1 is 1.62 bits per heavy atom. The first-order valence-corrected chi connectivity index (χ1v) is 7.53. The zero-order valence-electron chi connectivity index (χ0n) is 9.28. The van der Waals surface area contributed by atoms with Crippen LogP contribution in [0.3, 0.4) is 0 Å². The van der Waals surface area contributed by atoms with Crippen molar-refractivity contribution in [2.75, 3.05) is 17.6 Å². The number of nitrogens with one attached hydrogen (secondary N) is 1. The molecule has 1 rings (SSSR count). The van der Waals surface area contributed by atoms with Crippen LogP contribution in [0.5, 0.6) is 0 Å². The average molecular weight is 284 g/mol. The van der Waals surface area contributed by atoms with Crippen molar-refractivity contribution in [3.63, 3.8) is 0 Å². The first-order valence-electron chi connectivity index (χ1n) is 4.62. The molecule has 0 aliphatic rings. The second kappa shape index (κ2) is 5.35. The number of hydrogen-bond acceptors (Lipinski definition) is 4. The third-order valence-electron chi connectivity index (χ3n) is 2.04. The van der Waals surface area contributed by atoms with Crippen molar-refractivity contribution in [2.45, 2.75) is 20.0 Å². The van der Waals surface area contributed by atoms with Crippen LogP contribution in [0.4, 0.5) is 5.69 Å². The zero-order chi connectivity index (χ0) is 12.3. The van der Waals surface area contributed by atoms with E-state index in [1.165, 1.54) is 18.4 Å². The molecule has 7 heteroatoms. The molecule has 1 unspecified atom stereocenters. The van der Waals surface area contributed by atoms with E-state index >= 15 is 0 Å². The molecule has 0 fully saturated rings. The van der Waals surface area contributed by atoms with Gasteiger partial charge in [0.1, 0.15) is 4.34 Å². The fourth-order valence-corrected chi connectivity index (χ4v) is 3.70. The van der Waals surface area contributed by atoms with E-state index in [1.807, 2.05) is 0 Å². The fourth-order valence-electron chi connectivity index (χ4n) is 1.11. The molecule has 1 aromatic rings. The highest BCUT2D eigenvalue weighted by molar-refractivity contribution is 7.92. The van der Waals surface area contributed by atoms with Crippen LogP contribution in [0.1, 0.15) is 12.5 Å². The Hall–Kier alpha value is -0.300. The standard InChI is InChI=1S/C9H14ClNO3S2/c1-6-4-15-9(10)8(6)11-16(12,13)5-7(2)14-3/h4,7,11H,5H2,1-3H3. The lowest BCUT2D eigenvalue weighted by Crippen LogP contribution is -2.25. The van der Waals surface area contributed by atoms with E-state index in [1.54, 1.807) is 19.2 Å². The quantitative estimate of drug-likeness (QED) is 0.903. The van der Waals surface area contributed by atoms with E-state index in [4.69, 9.17) is 16.3 Å². The Labute approximate surface area is 105 Å². The molecule has 0 saturated carbocycles. The maximum Gasteiger partial charge on any atom is 0.235 e. The zero-order valence-corrected chi connectivity index (χ0v) is 11.7. The predicted molar refractivity (Wildman–Crippen MR) is 67.9 cm³/mol. The van der Waals surface area contributed by atoms with Crippen molar-refractivity contribution in [3.8, 4) is 0 Å². The summed E-state index contributed by atoms with van der Waals surface area (Å²) < 4.78 is 31.3. The summed E-state index contributed by atoms with van der Waals surface area (Å²) in [7, 11) is -1.94. The molecule has 0 radical (unpaired) electrons. The summed E-state index contributed by atoms with van der Waals surface area (Å²) in [4.78, 5) is 0. The number of aryl methyl sites for hydroxylation is 1. The number of anilines is 1. The molecule has 0 aliphatic heterocycles. The van der Waals surface area contributed by atoms with Crippen LogP contribution in [0.15, 0.2) is 5.38 Å². The topological polar surface area (TPSA) is 55.4 Å². The molecule has 0 bridgehead atoms. The lowest BCUT2D eigenvalue weighted by molar-refractivity contribution is 0.136. The molecule has 0 saturated heterocycles. The maximum atomic E-state index is 11.7. The maximum absolute atomic E-state index is 11.7. The highest BCUT2D eigenvalue weighted by Gasteiger charge is 2.18. The van der Waals surface area contributed by atoms with E-state index in [9.17, 15) is 8.42 Å². The van der Waals surface area contributed by atoms with Crippen LogP contribution in [0.25, 0.3) is 0 Å². The second-order valence-electron chi connectivity index (χ2n) is 3.50. The first-order chi connectivity index (χ1) is 7.35. The van der Waals surface area contributed by atoms with Gasteiger partial charge in [0, 0.05) is 7.11 Å². The van der Waals surface area contributed by atoms with Crippen molar-refractivity contribution in [3.05, 3.63) is 15.3 Å². The van der Waals surface area contributed by atoms with Crippen molar-refractivity contribution in [1.82, 2.24) is 0 Å². The summed E-state index contributed by atoms with van der Waals surface area (Å²) in [6.07, 6.45) is -0.352. The van der Waals surface area contributed by atoms with Crippen molar-refractivity contribution in [1.29, 1.82) is 0 Å². The fraction of sp³-hybridized carbons (Fsp3) is 0.556. The van der Waals surface area contributed by atoms with Gasteiger partial charge >= 0.3 is 0 Å². The van der Waals surface area contributed by atoms with Gasteiger partial charge in [0.25, 0.3) is 0 Å². The Morgan fingerprint density at radius 2 is 2.25 bits per heavy atom. The van der Waals surface area contributed by atoms with Crippen molar-refractivity contribution >= 4 is 38.6 Å². The van der Waals surface area contributed by atoms with Gasteiger partial charge in [-0.2, -0.15) is 0 Å². The molecule has 0 aliphatic carbocycles. The Bertz CT molecular complexity index is 436. The number of methoxy groups -OCH3 is 1. The third-order valence-corrected chi connectivity index (χ3v) is 4.81. The van der Waals surface area contributed by atoms with E-state index in [2.05, 4.69) is 4.72 Å². The van der Waals surface area contributed by atoms with Crippen LogP contribution >= 0.6 is 22.9 Å². The Morgan fingerprint density at radius 3 is 2.69 bits per heavy atom. The number of hydrogen-bond donors (Lipinski definition) is 1. The van der Waals surface area contributed by atoms with Gasteiger partial charge in [0.2, 0.25) is 10.0 Å². The lowest BCUT2D eigenvalue weighted by Gasteiger charge is -2.12. The average Bonchev–Trinajstić information content (AvgIpc) is 2.48. The lowest BCUT2D eigenvalue weighted by atomic mass is 10.3. The summed E-state index contributed by atoms with van der Waals surface area (Å²) >= 11 is 7.19. The van der Waals surface area contributed by atoms with Gasteiger partial charge in [-0.05, 0) is 24.8 Å². The molecule has 0 aromatic carbocycles. The largest absolute Gasteiger partial charge is 0.381 e.